The van der Waals surface area contributed by atoms with Crippen LogP contribution in [0.5, 0.6) is 0 Å². The predicted molar refractivity (Wildman–Crippen MR) is 40.0 cm³/mol. The average molecular weight is 191 g/mol. The van der Waals surface area contributed by atoms with Gasteiger partial charge in [0.2, 0.25) is 0 Å². The molecule has 1 unspecified atom stereocenters. The van der Waals surface area contributed by atoms with Crippen molar-refractivity contribution in [2.24, 2.45) is 5.73 Å². The number of carbonyl (C=O) groups is 2. The molecule has 8 heteroatoms. The van der Waals surface area contributed by atoms with Crippen LogP contribution in [0.2, 0.25) is 0 Å². The number of nitrogens with zero attached hydrogens (tertiary/aromatic N) is 2. The minimum Gasteiger partial charge on any atom is -0.480 e. The van der Waals surface area contributed by atoms with Crippen LogP contribution in [-0.2, 0) is 9.59 Å². The first-order chi connectivity index (χ1) is 5.95. The van der Waals surface area contributed by atoms with Gasteiger partial charge in [-0.2, -0.15) is 4.79 Å². The van der Waals surface area contributed by atoms with Gasteiger partial charge < -0.3 is 26.6 Å². The van der Waals surface area contributed by atoms with Crippen LogP contribution in [0.1, 0.15) is 0 Å². The minimum atomic E-state index is -1.25. The zero-order valence-electron chi connectivity index (χ0n) is 6.49. The second kappa shape index (κ2) is 8.34. The molecule has 0 saturated heterocycles. The van der Waals surface area contributed by atoms with Crippen LogP contribution >= 0.6 is 0 Å². The summed E-state index contributed by atoms with van der Waals surface area (Å²) >= 11 is 0. The van der Waals surface area contributed by atoms with E-state index in [1.54, 1.807) is 0 Å². The highest BCUT2D eigenvalue weighted by molar-refractivity contribution is 6.19. The Morgan fingerprint density at radius 2 is 2.00 bits per heavy atom. The smallest absolute Gasteiger partial charge is 0.411 e. The van der Waals surface area contributed by atoms with E-state index in [-0.39, 0.29) is 0 Å². The zero-order chi connectivity index (χ0) is 10.9. The molecule has 5 N–H and O–H groups in total. The number of aliphatic carboxylic acids is 2. The molecule has 74 valence electrons. The van der Waals surface area contributed by atoms with Crippen LogP contribution in [0.4, 0.5) is 0 Å². The van der Waals surface area contributed by atoms with Crippen LogP contribution in [0.25, 0.3) is 5.53 Å². The van der Waals surface area contributed by atoms with Crippen molar-refractivity contribution in [2.75, 3.05) is 6.61 Å². The minimum absolute atomic E-state index is 0.389. The lowest BCUT2D eigenvalue weighted by molar-refractivity contribution is -0.139. The third-order valence-corrected chi connectivity index (χ3v) is 0.682. The van der Waals surface area contributed by atoms with E-state index in [1.807, 2.05) is 0 Å². The molecule has 0 saturated carbocycles. The predicted octanol–water partition coefficient (Wildman–Crippen LogP) is -2.24. The van der Waals surface area contributed by atoms with Crippen LogP contribution in [0, 0.1) is 0 Å². The normalized spacial score (nSPS) is 10.0. The zero-order valence-corrected chi connectivity index (χ0v) is 6.49. The van der Waals surface area contributed by atoms with Gasteiger partial charge in [0, 0.05) is 0 Å². The number of carboxylic acid groups (broad SMARTS) is 2. The Morgan fingerprint density at radius 1 is 1.54 bits per heavy atom. The van der Waals surface area contributed by atoms with Crippen LogP contribution < -0.4 is 5.73 Å². The van der Waals surface area contributed by atoms with Gasteiger partial charge in [-0.1, -0.05) is 0 Å². The van der Waals surface area contributed by atoms with Gasteiger partial charge in [0.05, 0.1) is 6.61 Å². The van der Waals surface area contributed by atoms with E-state index >= 15 is 0 Å². The Hall–Kier alpha value is -1.76. The summed E-state index contributed by atoms with van der Waals surface area (Å²) in [5.41, 5.74) is 12.2. The molecule has 13 heavy (non-hydrogen) atoms. The molecular formula is C5H9N3O5. The van der Waals surface area contributed by atoms with Crippen LogP contribution in [-0.4, -0.2) is 50.9 Å². The summed E-state index contributed by atoms with van der Waals surface area (Å²) in [5, 5.41) is 23.5. The summed E-state index contributed by atoms with van der Waals surface area (Å²) in [6.07, 6.45) is 0.389. The third-order valence-electron chi connectivity index (χ3n) is 0.682. The van der Waals surface area contributed by atoms with E-state index in [1.165, 1.54) is 0 Å². The number of rotatable bonds is 3. The van der Waals surface area contributed by atoms with Crippen molar-refractivity contribution in [3.63, 3.8) is 0 Å². The van der Waals surface area contributed by atoms with E-state index in [4.69, 9.17) is 26.6 Å². The molecule has 0 amide bonds. The number of hydrogen-bond acceptors (Lipinski definition) is 4. The molecule has 1 atom stereocenters. The fourth-order valence-electron chi connectivity index (χ4n) is 0.127. The standard InChI is InChI=1S/C3H7NO3.C2H2N2O2/c4-2(1-5)3(6)7;3-4-1-2(5)6/h2,5H,1,4H2,(H,6,7);1H,(H,5,6). The molecule has 0 bridgehead atoms. The highest BCUT2D eigenvalue weighted by atomic mass is 16.4. The number of hydrogen-bond donors (Lipinski definition) is 4. The Bertz CT molecular complexity index is 222. The van der Waals surface area contributed by atoms with Crippen LogP contribution in [0.3, 0.4) is 0 Å². The highest BCUT2D eigenvalue weighted by Crippen LogP contribution is 1.71. The van der Waals surface area contributed by atoms with E-state index < -0.39 is 24.6 Å². The van der Waals surface area contributed by atoms with Crippen molar-refractivity contribution in [2.45, 2.75) is 6.04 Å². The Balaban J connectivity index is 0. The molecule has 0 heterocycles. The van der Waals surface area contributed by atoms with E-state index in [0.717, 1.165) is 0 Å². The maximum atomic E-state index is 9.65. The quantitative estimate of drug-likeness (QED) is 0.224. The monoisotopic (exact) mass is 191 g/mol. The second-order valence-corrected chi connectivity index (χ2v) is 1.71. The summed E-state index contributed by atoms with van der Waals surface area (Å²) in [4.78, 5) is 21.1. The summed E-state index contributed by atoms with van der Waals surface area (Å²) in [5.74, 6) is -2.43. The van der Waals surface area contributed by atoms with E-state index in [0.29, 0.717) is 6.21 Å². The van der Waals surface area contributed by atoms with Gasteiger partial charge >= 0.3 is 18.2 Å². The maximum Gasteiger partial charge on any atom is 0.411 e. The molecule has 0 radical (unpaired) electrons. The first kappa shape index (κ1) is 13.8. The van der Waals surface area contributed by atoms with E-state index in [2.05, 4.69) is 4.79 Å². The lowest BCUT2D eigenvalue weighted by atomic mass is 10.3. The van der Waals surface area contributed by atoms with Crippen molar-refractivity contribution < 1.29 is 29.7 Å². The lowest BCUT2D eigenvalue weighted by Gasteiger charge is -1.96. The molecule has 0 aliphatic carbocycles. The summed E-state index contributed by atoms with van der Waals surface area (Å²) in [6.45, 7) is -0.505. The fourth-order valence-corrected chi connectivity index (χ4v) is 0.127. The van der Waals surface area contributed by atoms with Gasteiger partial charge in [-0.15, -0.1) is 0 Å². The van der Waals surface area contributed by atoms with Gasteiger partial charge in [0.1, 0.15) is 6.04 Å². The molecule has 0 rings (SSSR count). The topological polar surface area (TPSA) is 157 Å². The first-order valence-corrected chi connectivity index (χ1v) is 2.95. The Kier molecular flexibility index (Phi) is 8.85. The molecule has 0 spiro atoms. The molecule has 8 nitrogen and oxygen atoms in total. The van der Waals surface area contributed by atoms with Gasteiger partial charge in [-0.25, -0.2) is 4.79 Å². The largest absolute Gasteiger partial charge is 0.480 e. The summed E-state index contributed by atoms with van der Waals surface area (Å²) < 4.78 is 0. The van der Waals surface area contributed by atoms with Crippen molar-refractivity contribution >= 4 is 18.2 Å². The summed E-state index contributed by atoms with van der Waals surface area (Å²) in [7, 11) is 0. The molecule has 0 aromatic carbocycles. The van der Waals surface area contributed by atoms with Crippen LogP contribution in [0.15, 0.2) is 0 Å². The Morgan fingerprint density at radius 3 is 2.00 bits per heavy atom. The summed E-state index contributed by atoms with van der Waals surface area (Å²) in [6, 6.07) is -1.13. The molecular weight excluding hydrogens is 182 g/mol. The van der Waals surface area contributed by atoms with Gasteiger partial charge in [0.15, 0.2) is 0 Å². The van der Waals surface area contributed by atoms with E-state index in [9.17, 15) is 9.59 Å². The first-order valence-electron chi connectivity index (χ1n) is 2.95. The number of aliphatic hydroxyl groups is 1. The molecule has 0 aromatic heterocycles. The average Bonchev–Trinajstić information content (AvgIpc) is 2.03. The number of carboxylic acids is 2. The fraction of sp³-hybridized carbons (Fsp3) is 0.400. The highest BCUT2D eigenvalue weighted by Gasteiger charge is 2.06. The molecule has 0 aliphatic heterocycles. The maximum absolute atomic E-state index is 9.65. The number of aliphatic hydroxyl groups excluding tert-OH is 1. The van der Waals surface area contributed by atoms with Gasteiger partial charge in [-0.3, -0.25) is 4.79 Å². The van der Waals surface area contributed by atoms with Crippen molar-refractivity contribution in [3.8, 4) is 0 Å². The lowest BCUT2D eigenvalue weighted by Crippen LogP contribution is -2.33. The SMILES string of the molecule is NC(CO)C(=O)O.[N-]=[N+]=CC(=O)O. The Labute approximate surface area is 72.8 Å². The van der Waals surface area contributed by atoms with Crippen molar-refractivity contribution in [3.05, 3.63) is 5.53 Å². The molecule has 0 aromatic rings. The van der Waals surface area contributed by atoms with Crippen molar-refractivity contribution in [1.29, 1.82) is 0 Å². The number of nitrogens with two attached hydrogens (primary N) is 1. The van der Waals surface area contributed by atoms with Gasteiger partial charge in [-0.05, 0) is 0 Å². The second-order valence-electron chi connectivity index (χ2n) is 1.71. The molecule has 0 fully saturated rings. The van der Waals surface area contributed by atoms with Crippen molar-refractivity contribution in [1.82, 2.24) is 0 Å². The third kappa shape index (κ3) is 13.3. The van der Waals surface area contributed by atoms with Gasteiger partial charge in [0.25, 0.3) is 0 Å². The molecule has 0 aliphatic rings.